The molecular formula is C14H18N2O3S. The Balaban J connectivity index is 2.03. The highest BCUT2D eigenvalue weighted by molar-refractivity contribution is 7.86. The molecule has 2 atom stereocenters. The van der Waals surface area contributed by atoms with Crippen molar-refractivity contribution in [2.45, 2.75) is 31.3 Å². The van der Waals surface area contributed by atoms with Crippen LogP contribution in [0.5, 0.6) is 0 Å². The largest absolute Gasteiger partial charge is 0.350 e. The van der Waals surface area contributed by atoms with Crippen LogP contribution in [-0.2, 0) is 26.9 Å². The molecule has 0 radical (unpaired) electrons. The second-order valence-corrected chi connectivity index (χ2v) is 7.21. The summed E-state index contributed by atoms with van der Waals surface area (Å²) >= 11 is 0. The van der Waals surface area contributed by atoms with Crippen molar-refractivity contribution in [2.24, 2.45) is 0 Å². The van der Waals surface area contributed by atoms with E-state index in [4.69, 9.17) is 0 Å². The van der Waals surface area contributed by atoms with Crippen LogP contribution in [-0.4, -0.2) is 38.1 Å². The minimum Gasteiger partial charge on any atom is -0.350 e. The SMILES string of the molecule is CC1(C)N(C=O)C(C(=O)NCc2ccccc2)CS1=O. The van der Waals surface area contributed by atoms with E-state index in [2.05, 4.69) is 5.32 Å². The molecule has 2 unspecified atom stereocenters. The van der Waals surface area contributed by atoms with Crippen molar-refractivity contribution < 1.29 is 13.8 Å². The summed E-state index contributed by atoms with van der Waals surface area (Å²) in [5.41, 5.74) is 0.983. The molecule has 1 heterocycles. The molecule has 0 spiro atoms. The summed E-state index contributed by atoms with van der Waals surface area (Å²) in [4.78, 5) is 23.9. The van der Waals surface area contributed by atoms with E-state index in [1.54, 1.807) is 13.8 Å². The summed E-state index contributed by atoms with van der Waals surface area (Å²) in [6.07, 6.45) is 0.609. The molecule has 0 bridgehead atoms. The van der Waals surface area contributed by atoms with Crippen molar-refractivity contribution in [3.05, 3.63) is 35.9 Å². The molecular weight excluding hydrogens is 276 g/mol. The second-order valence-electron chi connectivity index (χ2n) is 5.19. The van der Waals surface area contributed by atoms with Crippen molar-refractivity contribution in [3.63, 3.8) is 0 Å². The average Bonchev–Trinajstić information content (AvgIpc) is 2.67. The maximum absolute atomic E-state index is 12.2. The molecule has 1 aromatic carbocycles. The first-order valence-corrected chi connectivity index (χ1v) is 7.72. The van der Waals surface area contributed by atoms with Gasteiger partial charge in [0.15, 0.2) is 0 Å². The Kier molecular flexibility index (Phi) is 4.23. The molecule has 20 heavy (non-hydrogen) atoms. The molecule has 2 amide bonds. The van der Waals surface area contributed by atoms with Gasteiger partial charge in [0, 0.05) is 17.3 Å². The average molecular weight is 294 g/mol. The first-order chi connectivity index (χ1) is 9.46. The lowest BCUT2D eigenvalue weighted by Gasteiger charge is -2.29. The number of nitrogens with one attached hydrogen (secondary N) is 1. The number of amides is 2. The Morgan fingerprint density at radius 2 is 2.10 bits per heavy atom. The Labute approximate surface area is 120 Å². The summed E-state index contributed by atoms with van der Waals surface area (Å²) in [5, 5.41) is 2.79. The predicted molar refractivity (Wildman–Crippen MR) is 77.1 cm³/mol. The van der Waals surface area contributed by atoms with E-state index < -0.39 is 21.7 Å². The summed E-state index contributed by atoms with van der Waals surface area (Å²) in [6.45, 7) is 3.82. The summed E-state index contributed by atoms with van der Waals surface area (Å²) in [7, 11) is -1.23. The Hall–Kier alpha value is -1.69. The molecule has 5 nitrogen and oxygen atoms in total. The zero-order valence-corrected chi connectivity index (χ0v) is 12.4. The minimum absolute atomic E-state index is 0.187. The van der Waals surface area contributed by atoms with Gasteiger partial charge in [0.25, 0.3) is 0 Å². The van der Waals surface area contributed by atoms with E-state index in [1.165, 1.54) is 4.90 Å². The molecule has 108 valence electrons. The van der Waals surface area contributed by atoms with Crippen LogP contribution in [0, 0.1) is 0 Å². The van der Waals surface area contributed by atoms with Gasteiger partial charge in [-0.05, 0) is 19.4 Å². The van der Waals surface area contributed by atoms with Gasteiger partial charge < -0.3 is 10.2 Å². The van der Waals surface area contributed by atoms with Gasteiger partial charge in [-0.1, -0.05) is 30.3 Å². The lowest BCUT2D eigenvalue weighted by molar-refractivity contribution is -0.133. The number of benzene rings is 1. The van der Waals surface area contributed by atoms with Crippen LogP contribution in [0.25, 0.3) is 0 Å². The fourth-order valence-electron chi connectivity index (χ4n) is 2.23. The van der Waals surface area contributed by atoms with Crippen LogP contribution < -0.4 is 5.32 Å². The van der Waals surface area contributed by atoms with Crippen molar-refractivity contribution in [1.82, 2.24) is 10.2 Å². The quantitative estimate of drug-likeness (QED) is 0.828. The Bertz CT molecular complexity index is 530. The molecule has 6 heteroatoms. The van der Waals surface area contributed by atoms with E-state index >= 15 is 0 Å². The predicted octanol–water partition coefficient (Wildman–Crippen LogP) is 0.628. The molecule has 2 rings (SSSR count). The third-order valence-electron chi connectivity index (χ3n) is 3.55. The molecule has 0 aliphatic carbocycles. The van der Waals surface area contributed by atoms with Gasteiger partial charge >= 0.3 is 0 Å². The van der Waals surface area contributed by atoms with Gasteiger partial charge in [-0.2, -0.15) is 0 Å². The van der Waals surface area contributed by atoms with Gasteiger partial charge in [0.05, 0.1) is 5.75 Å². The van der Waals surface area contributed by atoms with Crippen molar-refractivity contribution in [3.8, 4) is 0 Å². The van der Waals surface area contributed by atoms with Gasteiger partial charge in [-0.3, -0.25) is 13.8 Å². The number of rotatable bonds is 4. The van der Waals surface area contributed by atoms with Crippen molar-refractivity contribution in [2.75, 3.05) is 5.75 Å². The normalized spacial score (nSPS) is 24.4. The molecule has 1 aliphatic heterocycles. The molecule has 0 saturated carbocycles. The smallest absolute Gasteiger partial charge is 0.244 e. The third kappa shape index (κ3) is 2.75. The fourth-order valence-corrected chi connectivity index (χ4v) is 3.64. The van der Waals surface area contributed by atoms with Gasteiger partial charge in [-0.15, -0.1) is 0 Å². The van der Waals surface area contributed by atoms with Crippen molar-refractivity contribution >= 4 is 23.1 Å². The van der Waals surface area contributed by atoms with Crippen LogP contribution in [0.2, 0.25) is 0 Å². The lowest BCUT2D eigenvalue weighted by Crippen LogP contribution is -2.49. The Morgan fingerprint density at radius 1 is 1.45 bits per heavy atom. The van der Waals surface area contributed by atoms with Gasteiger partial charge in [-0.25, -0.2) is 0 Å². The van der Waals surface area contributed by atoms with E-state index in [1.807, 2.05) is 30.3 Å². The molecule has 1 aliphatic rings. The topological polar surface area (TPSA) is 66.5 Å². The number of hydrogen-bond donors (Lipinski definition) is 1. The summed E-state index contributed by atoms with van der Waals surface area (Å²) < 4.78 is 12.0. The monoisotopic (exact) mass is 294 g/mol. The first-order valence-electron chi connectivity index (χ1n) is 6.40. The first kappa shape index (κ1) is 14.7. The van der Waals surface area contributed by atoms with Crippen LogP contribution in [0.3, 0.4) is 0 Å². The molecule has 0 aromatic heterocycles. The highest BCUT2D eigenvalue weighted by Gasteiger charge is 2.47. The maximum atomic E-state index is 12.2. The van der Waals surface area contributed by atoms with Crippen LogP contribution in [0.4, 0.5) is 0 Å². The molecule has 1 saturated heterocycles. The zero-order chi connectivity index (χ0) is 14.8. The zero-order valence-electron chi connectivity index (χ0n) is 11.5. The number of carbonyl (C=O) groups excluding carboxylic acids is 2. The molecule has 1 N–H and O–H groups in total. The van der Waals surface area contributed by atoms with Crippen LogP contribution in [0.1, 0.15) is 19.4 Å². The minimum atomic E-state index is -1.23. The van der Waals surface area contributed by atoms with E-state index in [-0.39, 0.29) is 11.7 Å². The number of nitrogens with zero attached hydrogens (tertiary/aromatic N) is 1. The van der Waals surface area contributed by atoms with Crippen LogP contribution >= 0.6 is 0 Å². The van der Waals surface area contributed by atoms with E-state index in [0.29, 0.717) is 13.0 Å². The standard InChI is InChI=1S/C14H18N2O3S/c1-14(2)16(10-17)12(9-20(14)19)13(18)15-8-11-6-4-3-5-7-11/h3-7,10,12H,8-9H2,1-2H3,(H,15,18). The third-order valence-corrected chi connectivity index (χ3v) is 5.49. The lowest BCUT2D eigenvalue weighted by atomic mass is 10.2. The van der Waals surface area contributed by atoms with E-state index in [0.717, 1.165) is 5.56 Å². The van der Waals surface area contributed by atoms with Gasteiger partial charge in [0.2, 0.25) is 12.3 Å². The second kappa shape index (κ2) is 5.75. The highest BCUT2D eigenvalue weighted by atomic mass is 32.2. The van der Waals surface area contributed by atoms with E-state index in [9.17, 15) is 13.8 Å². The molecule has 1 aromatic rings. The summed E-state index contributed by atoms with van der Waals surface area (Å²) in [5.74, 6) is -0.0771. The van der Waals surface area contributed by atoms with Crippen LogP contribution in [0.15, 0.2) is 30.3 Å². The molecule has 1 fully saturated rings. The highest BCUT2D eigenvalue weighted by Crippen LogP contribution is 2.28. The maximum Gasteiger partial charge on any atom is 0.244 e. The Morgan fingerprint density at radius 3 is 2.70 bits per heavy atom. The van der Waals surface area contributed by atoms with Crippen molar-refractivity contribution in [1.29, 1.82) is 0 Å². The van der Waals surface area contributed by atoms with Gasteiger partial charge in [0.1, 0.15) is 10.9 Å². The number of hydrogen-bond acceptors (Lipinski definition) is 3. The number of carbonyl (C=O) groups is 2. The summed E-state index contributed by atoms with van der Waals surface area (Å²) in [6, 6.07) is 8.86. The fraction of sp³-hybridized carbons (Fsp3) is 0.429.